The number of rotatable bonds is 7. The van der Waals surface area contributed by atoms with Gasteiger partial charge in [-0.05, 0) is 30.5 Å². The summed E-state index contributed by atoms with van der Waals surface area (Å²) in [4.78, 5) is 11.5. The van der Waals surface area contributed by atoms with Crippen molar-refractivity contribution in [2.75, 3.05) is 16.8 Å². The first kappa shape index (κ1) is 17.9. The van der Waals surface area contributed by atoms with Crippen molar-refractivity contribution in [1.29, 1.82) is 0 Å². The quantitative estimate of drug-likeness (QED) is 0.639. The minimum Gasteiger partial charge on any atom is -0.370 e. The third-order valence-electron chi connectivity index (χ3n) is 4.04. The molecule has 1 heterocycles. The van der Waals surface area contributed by atoms with Crippen molar-refractivity contribution >= 4 is 17.3 Å². The fourth-order valence-corrected chi connectivity index (χ4v) is 2.77. The van der Waals surface area contributed by atoms with Gasteiger partial charge in [-0.25, -0.2) is 9.97 Å². The van der Waals surface area contributed by atoms with Crippen molar-refractivity contribution in [2.24, 2.45) is 5.92 Å². The summed E-state index contributed by atoms with van der Waals surface area (Å²) in [7, 11) is 0. The highest BCUT2D eigenvalue weighted by molar-refractivity contribution is 5.62. The minimum absolute atomic E-state index is 0.559. The van der Waals surface area contributed by atoms with Gasteiger partial charge in [0.2, 0.25) is 0 Å². The van der Waals surface area contributed by atoms with E-state index in [2.05, 4.69) is 77.6 Å². The van der Waals surface area contributed by atoms with Gasteiger partial charge < -0.3 is 10.2 Å². The lowest BCUT2D eigenvalue weighted by Gasteiger charge is -2.25. The molecule has 0 aliphatic heterocycles. The Hall–Kier alpha value is -2.88. The molecule has 0 radical (unpaired) electrons. The van der Waals surface area contributed by atoms with E-state index in [0.717, 1.165) is 36.2 Å². The maximum atomic E-state index is 4.71. The first-order valence-corrected chi connectivity index (χ1v) is 9.08. The van der Waals surface area contributed by atoms with Crippen LogP contribution in [0.15, 0.2) is 66.7 Å². The zero-order valence-electron chi connectivity index (χ0n) is 15.7. The van der Waals surface area contributed by atoms with Crippen LogP contribution in [0.1, 0.15) is 25.2 Å². The molecule has 2 aromatic carbocycles. The lowest BCUT2D eigenvalue weighted by atomic mass is 10.2. The monoisotopic (exact) mass is 346 g/mol. The van der Waals surface area contributed by atoms with Crippen LogP contribution >= 0.6 is 0 Å². The van der Waals surface area contributed by atoms with Gasteiger partial charge in [-0.1, -0.05) is 62.4 Å². The van der Waals surface area contributed by atoms with Crippen LogP contribution < -0.4 is 10.2 Å². The normalized spacial score (nSPS) is 10.8. The summed E-state index contributed by atoms with van der Waals surface area (Å²) in [5.41, 5.74) is 2.36. The number of anilines is 3. The van der Waals surface area contributed by atoms with Crippen molar-refractivity contribution in [2.45, 2.75) is 27.3 Å². The molecule has 0 unspecified atom stereocenters. The standard InChI is InChI=1S/C22H26N4/c1-17(2)15-23-21-14-22(25-18(3)24-21)26(20-12-8-5-9-13-20)16-19-10-6-4-7-11-19/h4-14,17H,15-16H2,1-3H3,(H,23,24,25). The maximum absolute atomic E-state index is 4.71. The predicted octanol–water partition coefficient (Wildman–Crippen LogP) is 5.19. The zero-order valence-corrected chi connectivity index (χ0v) is 15.7. The molecule has 0 fully saturated rings. The molecule has 3 rings (SSSR count). The molecule has 4 nitrogen and oxygen atoms in total. The Kier molecular flexibility index (Phi) is 5.84. The molecule has 0 saturated carbocycles. The number of aromatic nitrogens is 2. The molecule has 0 bridgehead atoms. The van der Waals surface area contributed by atoms with Crippen LogP contribution in [0.5, 0.6) is 0 Å². The van der Waals surface area contributed by atoms with E-state index in [0.29, 0.717) is 5.92 Å². The van der Waals surface area contributed by atoms with Crippen LogP contribution in [0.2, 0.25) is 0 Å². The second kappa shape index (κ2) is 8.48. The summed E-state index contributed by atoms with van der Waals surface area (Å²) in [6.45, 7) is 7.96. The van der Waals surface area contributed by atoms with E-state index in [1.807, 2.05) is 25.1 Å². The van der Waals surface area contributed by atoms with Gasteiger partial charge in [-0.3, -0.25) is 0 Å². The highest BCUT2D eigenvalue weighted by Crippen LogP contribution is 2.27. The van der Waals surface area contributed by atoms with Crippen molar-refractivity contribution in [3.63, 3.8) is 0 Å². The number of hydrogen-bond acceptors (Lipinski definition) is 4. The third-order valence-corrected chi connectivity index (χ3v) is 4.04. The molecule has 0 atom stereocenters. The highest BCUT2D eigenvalue weighted by Gasteiger charge is 2.13. The molecule has 0 aliphatic carbocycles. The van der Waals surface area contributed by atoms with Crippen molar-refractivity contribution < 1.29 is 0 Å². The van der Waals surface area contributed by atoms with Gasteiger partial charge in [0.05, 0.1) is 0 Å². The van der Waals surface area contributed by atoms with Crippen molar-refractivity contribution in [3.8, 4) is 0 Å². The maximum Gasteiger partial charge on any atom is 0.139 e. The molecule has 1 aromatic heterocycles. The smallest absolute Gasteiger partial charge is 0.139 e. The zero-order chi connectivity index (χ0) is 18.4. The molecule has 0 spiro atoms. The number of para-hydroxylation sites is 1. The lowest BCUT2D eigenvalue weighted by Crippen LogP contribution is -2.19. The summed E-state index contributed by atoms with van der Waals surface area (Å²) in [5.74, 6) is 3.10. The van der Waals surface area contributed by atoms with Gasteiger partial charge in [-0.2, -0.15) is 0 Å². The van der Waals surface area contributed by atoms with E-state index in [-0.39, 0.29) is 0 Å². The van der Waals surface area contributed by atoms with Crippen molar-refractivity contribution in [1.82, 2.24) is 9.97 Å². The van der Waals surface area contributed by atoms with E-state index in [9.17, 15) is 0 Å². The van der Waals surface area contributed by atoms with Crippen LogP contribution in [0.4, 0.5) is 17.3 Å². The topological polar surface area (TPSA) is 41.1 Å². The number of nitrogens with one attached hydrogen (secondary N) is 1. The molecule has 3 aromatic rings. The molecule has 1 N–H and O–H groups in total. The van der Waals surface area contributed by atoms with Gasteiger partial charge in [-0.15, -0.1) is 0 Å². The van der Waals surface area contributed by atoms with Gasteiger partial charge >= 0.3 is 0 Å². The molecule has 0 aliphatic rings. The van der Waals surface area contributed by atoms with E-state index >= 15 is 0 Å². The Morgan fingerprint density at radius 2 is 1.58 bits per heavy atom. The third kappa shape index (κ3) is 4.82. The van der Waals surface area contributed by atoms with Crippen molar-refractivity contribution in [3.05, 3.63) is 78.1 Å². The molecular weight excluding hydrogens is 320 g/mol. The van der Waals surface area contributed by atoms with E-state index in [1.54, 1.807) is 0 Å². The Morgan fingerprint density at radius 1 is 0.923 bits per heavy atom. The van der Waals surface area contributed by atoms with Crippen LogP contribution in [-0.2, 0) is 6.54 Å². The summed E-state index contributed by atoms with van der Waals surface area (Å²) in [6.07, 6.45) is 0. The highest BCUT2D eigenvalue weighted by atomic mass is 15.2. The van der Waals surface area contributed by atoms with E-state index in [1.165, 1.54) is 5.56 Å². The molecule has 0 saturated heterocycles. The van der Waals surface area contributed by atoms with Crippen LogP contribution in [-0.4, -0.2) is 16.5 Å². The summed E-state index contributed by atoms with van der Waals surface area (Å²) in [5, 5.41) is 3.42. The summed E-state index contributed by atoms with van der Waals surface area (Å²) < 4.78 is 0. The Labute approximate surface area is 155 Å². The Bertz CT molecular complexity index is 816. The molecule has 4 heteroatoms. The summed E-state index contributed by atoms with van der Waals surface area (Å²) >= 11 is 0. The van der Waals surface area contributed by atoms with Crippen LogP contribution in [0.3, 0.4) is 0 Å². The lowest BCUT2D eigenvalue weighted by molar-refractivity contribution is 0.686. The fourth-order valence-electron chi connectivity index (χ4n) is 2.77. The van der Waals surface area contributed by atoms with Gasteiger partial charge in [0.15, 0.2) is 0 Å². The average molecular weight is 346 g/mol. The predicted molar refractivity (Wildman–Crippen MR) is 109 cm³/mol. The number of hydrogen-bond donors (Lipinski definition) is 1. The van der Waals surface area contributed by atoms with E-state index in [4.69, 9.17) is 4.98 Å². The van der Waals surface area contributed by atoms with Gasteiger partial charge in [0.25, 0.3) is 0 Å². The second-order valence-electron chi connectivity index (χ2n) is 6.84. The Morgan fingerprint density at radius 3 is 2.23 bits per heavy atom. The molecular formula is C22H26N4. The second-order valence-corrected chi connectivity index (χ2v) is 6.84. The van der Waals surface area contributed by atoms with Crippen LogP contribution in [0, 0.1) is 12.8 Å². The number of nitrogens with zero attached hydrogens (tertiary/aromatic N) is 3. The van der Waals surface area contributed by atoms with E-state index < -0.39 is 0 Å². The van der Waals surface area contributed by atoms with Gasteiger partial charge in [0.1, 0.15) is 17.5 Å². The number of aryl methyl sites for hydroxylation is 1. The Balaban J connectivity index is 1.96. The number of benzene rings is 2. The molecule has 26 heavy (non-hydrogen) atoms. The average Bonchev–Trinajstić information content (AvgIpc) is 2.65. The largest absolute Gasteiger partial charge is 0.370 e. The first-order chi connectivity index (χ1) is 12.6. The minimum atomic E-state index is 0.559. The van der Waals surface area contributed by atoms with Crippen LogP contribution in [0.25, 0.3) is 0 Å². The molecule has 0 amide bonds. The molecule has 134 valence electrons. The first-order valence-electron chi connectivity index (χ1n) is 9.08. The SMILES string of the molecule is Cc1nc(NCC(C)C)cc(N(Cc2ccccc2)c2ccccc2)n1. The van der Waals surface area contributed by atoms with Gasteiger partial charge in [0, 0.05) is 24.8 Å². The summed E-state index contributed by atoms with van der Waals surface area (Å²) in [6, 6.07) is 22.9. The fraction of sp³-hybridized carbons (Fsp3) is 0.273.